The number of nitrogens with two attached hydrogens (primary N) is 1. The van der Waals surface area contributed by atoms with Crippen LogP contribution in [0.1, 0.15) is 27.2 Å². The molecule has 0 spiro atoms. The molecular formula is C9H20N2. The van der Waals surface area contributed by atoms with Crippen LogP contribution >= 0.6 is 0 Å². The molecule has 1 aliphatic heterocycles. The van der Waals surface area contributed by atoms with Crippen LogP contribution in [-0.4, -0.2) is 25.0 Å². The molecule has 0 aliphatic carbocycles. The van der Waals surface area contributed by atoms with E-state index in [4.69, 9.17) is 5.73 Å². The smallest absolute Gasteiger partial charge is 0.0207 e. The Morgan fingerprint density at radius 2 is 1.91 bits per heavy atom. The van der Waals surface area contributed by atoms with Crippen LogP contribution < -0.4 is 5.73 Å². The van der Waals surface area contributed by atoms with E-state index in [1.807, 2.05) is 13.8 Å². The van der Waals surface area contributed by atoms with Gasteiger partial charge in [-0.05, 0) is 26.0 Å². The van der Waals surface area contributed by atoms with E-state index in [1.165, 1.54) is 5.57 Å². The average molecular weight is 156 g/mol. The monoisotopic (exact) mass is 156 g/mol. The summed E-state index contributed by atoms with van der Waals surface area (Å²) in [5.74, 6) is 0. The highest BCUT2D eigenvalue weighted by atomic mass is 15.1. The van der Waals surface area contributed by atoms with Gasteiger partial charge in [0.15, 0.2) is 0 Å². The predicted octanol–water partition coefficient (Wildman–Crippen LogP) is 1.58. The Morgan fingerprint density at radius 3 is 2.27 bits per heavy atom. The molecule has 1 rings (SSSR count). The van der Waals surface area contributed by atoms with E-state index in [9.17, 15) is 0 Å². The van der Waals surface area contributed by atoms with Crippen molar-refractivity contribution in [2.75, 3.05) is 20.1 Å². The summed E-state index contributed by atoms with van der Waals surface area (Å²) >= 11 is 0. The van der Waals surface area contributed by atoms with Crippen LogP contribution in [0.3, 0.4) is 0 Å². The molecule has 1 aliphatic rings. The van der Waals surface area contributed by atoms with Crippen LogP contribution in [0.25, 0.3) is 0 Å². The number of likely N-dealkylation sites (N-methyl/N-ethyl adjacent to an activating group) is 1. The third-order valence-electron chi connectivity index (χ3n) is 1.82. The summed E-state index contributed by atoms with van der Waals surface area (Å²) in [5, 5.41) is 0. The van der Waals surface area contributed by atoms with Crippen LogP contribution in [0.5, 0.6) is 0 Å². The van der Waals surface area contributed by atoms with Gasteiger partial charge in [0, 0.05) is 18.8 Å². The van der Waals surface area contributed by atoms with E-state index in [0.29, 0.717) is 0 Å². The van der Waals surface area contributed by atoms with E-state index < -0.39 is 0 Å². The average Bonchev–Trinajstić information content (AvgIpc) is 2.02. The first kappa shape index (κ1) is 10.5. The molecule has 0 aromatic rings. The standard InChI is InChI=1S/C7H14N2.C2H6/c1-6-5-9(2)4-3-7(6)8;1-2/h3-5,8H2,1-2H3;1-2H3. The third kappa shape index (κ3) is 3.42. The summed E-state index contributed by atoms with van der Waals surface area (Å²) in [4.78, 5) is 2.28. The van der Waals surface area contributed by atoms with Crippen molar-refractivity contribution in [2.24, 2.45) is 5.73 Å². The first-order valence-corrected chi connectivity index (χ1v) is 4.33. The van der Waals surface area contributed by atoms with Crippen LogP contribution in [-0.2, 0) is 0 Å². The molecule has 0 saturated carbocycles. The zero-order valence-corrected chi connectivity index (χ0v) is 8.15. The van der Waals surface area contributed by atoms with Gasteiger partial charge in [-0.3, -0.25) is 0 Å². The lowest BCUT2D eigenvalue weighted by Gasteiger charge is -2.23. The van der Waals surface area contributed by atoms with Crippen LogP contribution in [0.2, 0.25) is 0 Å². The minimum Gasteiger partial charge on any atom is -0.402 e. The zero-order chi connectivity index (χ0) is 8.85. The molecule has 2 nitrogen and oxygen atoms in total. The summed E-state index contributed by atoms with van der Waals surface area (Å²) in [5.41, 5.74) is 8.12. The van der Waals surface area contributed by atoms with Crippen molar-refractivity contribution in [3.63, 3.8) is 0 Å². The lowest BCUT2D eigenvalue weighted by atomic mass is 10.1. The van der Waals surface area contributed by atoms with Gasteiger partial charge in [-0.25, -0.2) is 0 Å². The van der Waals surface area contributed by atoms with Gasteiger partial charge >= 0.3 is 0 Å². The molecule has 0 amide bonds. The Bertz CT molecular complexity index is 138. The van der Waals surface area contributed by atoms with Gasteiger partial charge in [0.2, 0.25) is 0 Å². The first-order valence-electron chi connectivity index (χ1n) is 4.33. The number of hydrogen-bond acceptors (Lipinski definition) is 2. The minimum absolute atomic E-state index is 1.04. The van der Waals surface area contributed by atoms with Gasteiger partial charge in [0.05, 0.1) is 0 Å². The van der Waals surface area contributed by atoms with E-state index in [2.05, 4.69) is 18.9 Å². The molecule has 11 heavy (non-hydrogen) atoms. The van der Waals surface area contributed by atoms with E-state index in [-0.39, 0.29) is 0 Å². The van der Waals surface area contributed by atoms with Crippen molar-refractivity contribution in [1.82, 2.24) is 4.90 Å². The fraction of sp³-hybridized carbons (Fsp3) is 0.778. The summed E-state index contributed by atoms with van der Waals surface area (Å²) < 4.78 is 0. The van der Waals surface area contributed by atoms with E-state index in [0.717, 1.165) is 25.2 Å². The molecule has 2 N–H and O–H groups in total. The number of hydrogen-bond donors (Lipinski definition) is 1. The van der Waals surface area contributed by atoms with Gasteiger partial charge in [0.25, 0.3) is 0 Å². The molecule has 0 unspecified atom stereocenters. The van der Waals surface area contributed by atoms with Crippen LogP contribution in [0, 0.1) is 0 Å². The molecule has 2 heteroatoms. The van der Waals surface area contributed by atoms with Gasteiger partial charge in [0.1, 0.15) is 0 Å². The van der Waals surface area contributed by atoms with Gasteiger partial charge in [-0.1, -0.05) is 13.8 Å². The Hall–Kier alpha value is -0.500. The Morgan fingerprint density at radius 1 is 1.36 bits per heavy atom. The topological polar surface area (TPSA) is 29.3 Å². The Labute approximate surface area is 70.1 Å². The van der Waals surface area contributed by atoms with Crippen molar-refractivity contribution >= 4 is 0 Å². The molecule has 0 fully saturated rings. The van der Waals surface area contributed by atoms with Gasteiger partial charge in [-0.15, -0.1) is 0 Å². The SMILES string of the molecule is CC.CC1=C(N)CCN(C)C1. The maximum absolute atomic E-state index is 5.69. The highest BCUT2D eigenvalue weighted by Crippen LogP contribution is 2.10. The molecule has 0 aromatic carbocycles. The van der Waals surface area contributed by atoms with Crippen molar-refractivity contribution in [1.29, 1.82) is 0 Å². The molecule has 1 heterocycles. The maximum atomic E-state index is 5.69. The number of rotatable bonds is 0. The fourth-order valence-corrected chi connectivity index (χ4v) is 1.11. The lowest BCUT2D eigenvalue weighted by Crippen LogP contribution is -2.29. The molecule has 0 bridgehead atoms. The largest absolute Gasteiger partial charge is 0.402 e. The predicted molar refractivity (Wildman–Crippen MR) is 50.3 cm³/mol. The Kier molecular flexibility index (Phi) is 4.95. The van der Waals surface area contributed by atoms with Crippen LogP contribution in [0.4, 0.5) is 0 Å². The van der Waals surface area contributed by atoms with Crippen LogP contribution in [0.15, 0.2) is 11.3 Å². The van der Waals surface area contributed by atoms with Crippen molar-refractivity contribution in [2.45, 2.75) is 27.2 Å². The van der Waals surface area contributed by atoms with Gasteiger partial charge < -0.3 is 10.6 Å². The second kappa shape index (κ2) is 5.19. The molecule has 0 saturated heterocycles. The highest BCUT2D eigenvalue weighted by molar-refractivity contribution is 5.13. The summed E-state index contributed by atoms with van der Waals surface area (Å²) in [7, 11) is 2.12. The van der Waals surface area contributed by atoms with Crippen molar-refractivity contribution in [3.05, 3.63) is 11.3 Å². The second-order valence-electron chi connectivity index (χ2n) is 2.79. The lowest BCUT2D eigenvalue weighted by molar-refractivity contribution is 0.347. The Balaban J connectivity index is 0.000000461. The fourth-order valence-electron chi connectivity index (χ4n) is 1.11. The van der Waals surface area contributed by atoms with E-state index >= 15 is 0 Å². The second-order valence-corrected chi connectivity index (χ2v) is 2.79. The van der Waals surface area contributed by atoms with Crippen molar-refractivity contribution in [3.8, 4) is 0 Å². The normalized spacial score (nSPS) is 19.3. The van der Waals surface area contributed by atoms with Gasteiger partial charge in [-0.2, -0.15) is 0 Å². The quantitative estimate of drug-likeness (QED) is 0.577. The summed E-state index contributed by atoms with van der Waals surface area (Å²) in [6.45, 7) is 8.26. The summed E-state index contributed by atoms with van der Waals surface area (Å²) in [6, 6.07) is 0. The maximum Gasteiger partial charge on any atom is 0.0207 e. The molecule has 0 aromatic heterocycles. The minimum atomic E-state index is 1.04. The summed E-state index contributed by atoms with van der Waals surface area (Å²) in [6.07, 6.45) is 1.04. The zero-order valence-electron chi connectivity index (χ0n) is 8.15. The molecule has 66 valence electrons. The third-order valence-corrected chi connectivity index (χ3v) is 1.82. The van der Waals surface area contributed by atoms with Crippen molar-refractivity contribution < 1.29 is 0 Å². The van der Waals surface area contributed by atoms with E-state index in [1.54, 1.807) is 0 Å². The molecule has 0 atom stereocenters. The number of nitrogens with zero attached hydrogens (tertiary/aromatic N) is 1. The molecule has 0 radical (unpaired) electrons. The first-order chi connectivity index (χ1) is 5.20. The molecular weight excluding hydrogens is 136 g/mol. The highest BCUT2D eigenvalue weighted by Gasteiger charge is 2.08.